The van der Waals surface area contributed by atoms with E-state index in [0.717, 1.165) is 25.0 Å². The lowest BCUT2D eigenvalue weighted by Gasteiger charge is -2.20. The largest absolute Gasteiger partial charge is 0.398 e. The molecular weight excluding hydrogens is 250 g/mol. The van der Waals surface area contributed by atoms with Gasteiger partial charge in [-0.25, -0.2) is 8.78 Å². The van der Waals surface area contributed by atoms with Crippen molar-refractivity contribution >= 4 is 11.6 Å². The fourth-order valence-electron chi connectivity index (χ4n) is 2.23. The van der Waals surface area contributed by atoms with Crippen molar-refractivity contribution < 1.29 is 13.6 Å². The molecule has 2 rings (SSSR count). The average molecular weight is 268 g/mol. The molecule has 1 aromatic rings. The molecule has 0 aromatic heterocycles. The van der Waals surface area contributed by atoms with Crippen LogP contribution in [0.3, 0.4) is 0 Å². The molecule has 1 amide bonds. The lowest BCUT2D eigenvalue weighted by Crippen LogP contribution is -2.33. The van der Waals surface area contributed by atoms with E-state index in [4.69, 9.17) is 5.73 Å². The Hall–Kier alpha value is -1.65. The number of benzene rings is 1. The number of nitrogens with two attached hydrogens (primary N) is 1. The highest BCUT2D eigenvalue weighted by molar-refractivity contribution is 5.99. The van der Waals surface area contributed by atoms with Crippen LogP contribution in [0.25, 0.3) is 0 Å². The van der Waals surface area contributed by atoms with Crippen molar-refractivity contribution in [3.63, 3.8) is 0 Å². The molecule has 0 radical (unpaired) electrons. The summed E-state index contributed by atoms with van der Waals surface area (Å²) in [5, 5.41) is 2.76. The van der Waals surface area contributed by atoms with Gasteiger partial charge in [-0.05, 0) is 30.2 Å². The van der Waals surface area contributed by atoms with Crippen molar-refractivity contribution in [3.05, 3.63) is 29.3 Å². The van der Waals surface area contributed by atoms with E-state index in [0.29, 0.717) is 12.5 Å². The van der Waals surface area contributed by atoms with Gasteiger partial charge in [0.25, 0.3) is 5.91 Å². The second kappa shape index (κ2) is 4.79. The fraction of sp³-hybridized carbons (Fsp3) is 0.500. The predicted octanol–water partition coefficient (Wildman–Crippen LogP) is 2.71. The van der Waals surface area contributed by atoms with Gasteiger partial charge in [-0.15, -0.1) is 0 Å². The molecule has 1 aliphatic carbocycles. The van der Waals surface area contributed by atoms with Crippen molar-refractivity contribution in [3.8, 4) is 0 Å². The Morgan fingerprint density at radius 3 is 2.47 bits per heavy atom. The van der Waals surface area contributed by atoms with Crippen LogP contribution in [-0.2, 0) is 0 Å². The number of carbonyl (C=O) groups is 1. The van der Waals surface area contributed by atoms with E-state index in [1.165, 1.54) is 0 Å². The van der Waals surface area contributed by atoms with E-state index in [9.17, 15) is 13.6 Å². The average Bonchev–Trinajstić information content (AvgIpc) is 3.12. The van der Waals surface area contributed by atoms with Crippen LogP contribution in [0.5, 0.6) is 0 Å². The third-order valence-corrected chi connectivity index (χ3v) is 4.06. The van der Waals surface area contributed by atoms with Gasteiger partial charge in [0.2, 0.25) is 0 Å². The first kappa shape index (κ1) is 13.8. The lowest BCUT2D eigenvalue weighted by molar-refractivity contribution is 0.0940. The highest BCUT2D eigenvalue weighted by Crippen LogP contribution is 2.51. The number of hydrogen-bond acceptors (Lipinski definition) is 2. The van der Waals surface area contributed by atoms with E-state index in [-0.39, 0.29) is 16.7 Å². The highest BCUT2D eigenvalue weighted by atomic mass is 19.2. The highest BCUT2D eigenvalue weighted by Gasteiger charge is 2.45. The summed E-state index contributed by atoms with van der Waals surface area (Å²) in [5.41, 5.74) is 5.63. The molecule has 0 bridgehead atoms. The standard InChI is InChI=1S/C14H18F2N2O/c1-8(2)14(3-4-14)7-18-13(19)9-5-10(15)11(16)6-12(9)17/h5-6,8H,3-4,7,17H2,1-2H3,(H,18,19). The van der Waals surface area contributed by atoms with Crippen LogP contribution < -0.4 is 11.1 Å². The summed E-state index contributed by atoms with van der Waals surface area (Å²) in [6, 6.07) is 1.68. The molecule has 0 saturated heterocycles. The maximum atomic E-state index is 13.1. The molecule has 0 heterocycles. The number of carbonyl (C=O) groups excluding carboxylic acids is 1. The Morgan fingerprint density at radius 2 is 1.95 bits per heavy atom. The van der Waals surface area contributed by atoms with Gasteiger partial charge in [-0.2, -0.15) is 0 Å². The first-order valence-electron chi connectivity index (χ1n) is 6.38. The van der Waals surface area contributed by atoms with Crippen molar-refractivity contribution in [2.75, 3.05) is 12.3 Å². The molecule has 0 atom stereocenters. The smallest absolute Gasteiger partial charge is 0.253 e. The minimum absolute atomic E-state index is 0.0153. The summed E-state index contributed by atoms with van der Waals surface area (Å²) in [5.74, 6) is -2.09. The number of nitrogens with one attached hydrogen (secondary N) is 1. The second-order valence-corrected chi connectivity index (χ2v) is 5.55. The van der Waals surface area contributed by atoms with E-state index in [1.54, 1.807) is 0 Å². The van der Waals surface area contributed by atoms with Gasteiger partial charge >= 0.3 is 0 Å². The summed E-state index contributed by atoms with van der Waals surface area (Å²) >= 11 is 0. The van der Waals surface area contributed by atoms with Crippen LogP contribution >= 0.6 is 0 Å². The fourth-order valence-corrected chi connectivity index (χ4v) is 2.23. The maximum absolute atomic E-state index is 13.1. The normalized spacial score (nSPS) is 16.5. The maximum Gasteiger partial charge on any atom is 0.253 e. The number of halogens is 2. The molecule has 3 nitrogen and oxygen atoms in total. The lowest BCUT2D eigenvalue weighted by atomic mass is 9.92. The third-order valence-electron chi connectivity index (χ3n) is 4.06. The van der Waals surface area contributed by atoms with Crippen molar-refractivity contribution in [2.45, 2.75) is 26.7 Å². The molecule has 19 heavy (non-hydrogen) atoms. The van der Waals surface area contributed by atoms with Gasteiger partial charge in [0.05, 0.1) is 5.56 Å². The number of nitrogen functional groups attached to an aromatic ring is 1. The topological polar surface area (TPSA) is 55.1 Å². The molecule has 104 valence electrons. The van der Waals surface area contributed by atoms with Crippen LogP contribution in [0.2, 0.25) is 0 Å². The summed E-state index contributed by atoms with van der Waals surface area (Å²) in [6.07, 6.45) is 2.16. The van der Waals surface area contributed by atoms with Gasteiger partial charge < -0.3 is 11.1 Å². The summed E-state index contributed by atoms with van der Waals surface area (Å²) in [4.78, 5) is 11.9. The zero-order chi connectivity index (χ0) is 14.2. The zero-order valence-corrected chi connectivity index (χ0v) is 11.1. The minimum Gasteiger partial charge on any atom is -0.398 e. The number of amides is 1. The Bertz CT molecular complexity index is 510. The van der Waals surface area contributed by atoms with Crippen LogP contribution in [0, 0.1) is 23.0 Å². The Labute approximate surface area is 111 Å². The number of hydrogen-bond donors (Lipinski definition) is 2. The SMILES string of the molecule is CC(C)C1(CNC(=O)c2cc(F)c(F)cc2N)CC1. The minimum atomic E-state index is -1.07. The molecule has 0 spiro atoms. The van der Waals surface area contributed by atoms with Gasteiger partial charge in [-0.1, -0.05) is 13.8 Å². The second-order valence-electron chi connectivity index (χ2n) is 5.55. The molecule has 3 N–H and O–H groups in total. The van der Waals surface area contributed by atoms with E-state index < -0.39 is 17.5 Å². The van der Waals surface area contributed by atoms with Gasteiger partial charge in [0, 0.05) is 18.3 Å². The molecular formula is C14H18F2N2O. The first-order chi connectivity index (χ1) is 8.85. The molecule has 1 saturated carbocycles. The first-order valence-corrected chi connectivity index (χ1v) is 6.38. The van der Waals surface area contributed by atoms with E-state index in [1.807, 2.05) is 0 Å². The summed E-state index contributed by atoms with van der Waals surface area (Å²) < 4.78 is 26.1. The Kier molecular flexibility index (Phi) is 3.47. The molecule has 1 aliphatic rings. The predicted molar refractivity (Wildman–Crippen MR) is 69.6 cm³/mol. The van der Waals surface area contributed by atoms with Crippen LogP contribution in [0.15, 0.2) is 12.1 Å². The Morgan fingerprint density at radius 1 is 1.37 bits per heavy atom. The van der Waals surface area contributed by atoms with E-state index in [2.05, 4.69) is 19.2 Å². The van der Waals surface area contributed by atoms with Crippen molar-refractivity contribution in [2.24, 2.45) is 11.3 Å². The number of rotatable bonds is 4. The van der Waals surface area contributed by atoms with Crippen molar-refractivity contribution in [1.82, 2.24) is 5.32 Å². The Balaban J connectivity index is 2.07. The molecule has 5 heteroatoms. The van der Waals surface area contributed by atoms with Crippen LogP contribution in [-0.4, -0.2) is 12.5 Å². The van der Waals surface area contributed by atoms with Gasteiger partial charge in [0.15, 0.2) is 11.6 Å². The van der Waals surface area contributed by atoms with Crippen molar-refractivity contribution in [1.29, 1.82) is 0 Å². The monoisotopic (exact) mass is 268 g/mol. The molecule has 1 aromatic carbocycles. The number of anilines is 1. The van der Waals surface area contributed by atoms with Crippen LogP contribution in [0.4, 0.5) is 14.5 Å². The zero-order valence-electron chi connectivity index (χ0n) is 11.1. The van der Waals surface area contributed by atoms with Crippen LogP contribution in [0.1, 0.15) is 37.0 Å². The van der Waals surface area contributed by atoms with Gasteiger partial charge in [-0.3, -0.25) is 4.79 Å². The van der Waals surface area contributed by atoms with E-state index >= 15 is 0 Å². The molecule has 1 fully saturated rings. The summed E-state index contributed by atoms with van der Waals surface area (Å²) in [7, 11) is 0. The van der Waals surface area contributed by atoms with Gasteiger partial charge in [0.1, 0.15) is 0 Å². The molecule has 0 aliphatic heterocycles. The quantitative estimate of drug-likeness (QED) is 0.825. The summed E-state index contributed by atoms with van der Waals surface area (Å²) in [6.45, 7) is 4.78. The molecule has 0 unspecified atom stereocenters. The third kappa shape index (κ3) is 2.69.